The summed E-state index contributed by atoms with van der Waals surface area (Å²) in [5.74, 6) is -5.24. The minimum Gasteiger partial charge on any atom is -0.405 e. The first-order valence-corrected chi connectivity index (χ1v) is 10.3. The van der Waals surface area contributed by atoms with Crippen molar-refractivity contribution in [3.8, 4) is 0 Å². The van der Waals surface area contributed by atoms with Gasteiger partial charge in [-0.15, -0.1) is 0 Å². The molecular weight excluding hydrogens is 417 g/mol. The van der Waals surface area contributed by atoms with E-state index in [-0.39, 0.29) is 12.3 Å². The van der Waals surface area contributed by atoms with E-state index in [9.17, 15) is 27.6 Å². The second-order valence-corrected chi connectivity index (χ2v) is 8.25. The number of benzene rings is 1. The van der Waals surface area contributed by atoms with Gasteiger partial charge in [-0.3, -0.25) is 4.79 Å². The minimum atomic E-state index is -4.15. The Morgan fingerprint density at radius 1 is 1.06 bits per heavy atom. The number of carbonyl (C=O) groups excluding carboxylic acids is 3. The van der Waals surface area contributed by atoms with Crippen LogP contribution < -0.4 is 4.90 Å². The summed E-state index contributed by atoms with van der Waals surface area (Å²) in [6, 6.07) is 7.23. The lowest BCUT2D eigenvalue weighted by atomic mass is 10.00. The van der Waals surface area contributed by atoms with Crippen molar-refractivity contribution in [3.05, 3.63) is 29.8 Å². The van der Waals surface area contributed by atoms with Crippen molar-refractivity contribution in [1.82, 2.24) is 4.90 Å². The lowest BCUT2D eigenvalue weighted by molar-refractivity contribution is -0.192. The first kappa shape index (κ1) is 21.6. The van der Waals surface area contributed by atoms with E-state index in [1.165, 1.54) is 4.90 Å². The van der Waals surface area contributed by atoms with Crippen LogP contribution in [-0.4, -0.2) is 60.9 Å². The molecule has 1 amide bonds. The molecule has 4 rings (SSSR count). The maximum Gasteiger partial charge on any atom is 0.421 e. The number of alkyl halides is 3. The van der Waals surface area contributed by atoms with Gasteiger partial charge >= 0.3 is 29.8 Å². The first-order valence-electron chi connectivity index (χ1n) is 10.3. The van der Waals surface area contributed by atoms with E-state index in [1.54, 1.807) is 12.1 Å². The van der Waals surface area contributed by atoms with E-state index in [4.69, 9.17) is 9.47 Å². The second kappa shape index (κ2) is 8.14. The van der Waals surface area contributed by atoms with E-state index < -0.39 is 36.2 Å². The highest BCUT2D eigenvalue weighted by Crippen LogP contribution is 2.36. The van der Waals surface area contributed by atoms with Crippen LogP contribution in [0.1, 0.15) is 31.2 Å². The zero-order chi connectivity index (χ0) is 22.2. The molecule has 3 aliphatic rings. The van der Waals surface area contributed by atoms with Crippen LogP contribution >= 0.6 is 0 Å². The Morgan fingerprint density at radius 3 is 2.48 bits per heavy atom. The number of rotatable bonds is 5. The first-order chi connectivity index (χ1) is 14.7. The van der Waals surface area contributed by atoms with Crippen LogP contribution in [0.5, 0.6) is 0 Å². The average molecular weight is 440 g/mol. The number of nitrogens with zero attached hydrogens (tertiary/aromatic N) is 2. The van der Waals surface area contributed by atoms with Gasteiger partial charge in [0.2, 0.25) is 0 Å². The van der Waals surface area contributed by atoms with Crippen LogP contribution in [-0.2, 0) is 30.3 Å². The summed E-state index contributed by atoms with van der Waals surface area (Å²) in [5, 5.41) is 0. The smallest absolute Gasteiger partial charge is 0.405 e. The predicted molar refractivity (Wildman–Crippen MR) is 102 cm³/mol. The molecule has 3 fully saturated rings. The maximum atomic E-state index is 13.1. The molecule has 1 spiro atoms. The fraction of sp³-hybridized carbons (Fsp3) is 0.571. The van der Waals surface area contributed by atoms with E-state index in [0.717, 1.165) is 5.56 Å². The molecule has 0 radical (unpaired) electrons. The van der Waals surface area contributed by atoms with Gasteiger partial charge in [0, 0.05) is 38.2 Å². The van der Waals surface area contributed by atoms with Gasteiger partial charge < -0.3 is 19.3 Å². The summed E-state index contributed by atoms with van der Waals surface area (Å²) in [6.45, 7) is 1.96. The summed E-state index contributed by atoms with van der Waals surface area (Å²) >= 11 is 0. The van der Waals surface area contributed by atoms with Crippen molar-refractivity contribution in [2.45, 2.75) is 44.1 Å². The fourth-order valence-corrected chi connectivity index (χ4v) is 4.58. The molecule has 0 aromatic heterocycles. The number of carbonyl (C=O) groups is 3. The van der Waals surface area contributed by atoms with Crippen molar-refractivity contribution in [3.63, 3.8) is 0 Å². The summed E-state index contributed by atoms with van der Waals surface area (Å²) in [4.78, 5) is 39.6. The van der Waals surface area contributed by atoms with Crippen LogP contribution in [0.2, 0.25) is 0 Å². The quantitative estimate of drug-likeness (QED) is 0.517. The Morgan fingerprint density at radius 2 is 1.77 bits per heavy atom. The number of ether oxygens (including phenoxy) is 2. The third-order valence-corrected chi connectivity index (χ3v) is 6.01. The van der Waals surface area contributed by atoms with Gasteiger partial charge in [-0.2, -0.15) is 13.2 Å². The van der Waals surface area contributed by atoms with Crippen LogP contribution in [0.3, 0.4) is 0 Å². The molecule has 1 aromatic rings. The molecule has 168 valence electrons. The van der Waals surface area contributed by atoms with Gasteiger partial charge in [-0.25, -0.2) is 9.59 Å². The minimum absolute atomic E-state index is 0.107. The standard InChI is InChI=1S/C21H23F3N2O5/c22-21(23,24)12-14-6-10-25(13-14)11-7-15-4-1-2-5-16(15)26-9-3-8-20(19(26)29)30-17(27)18(28)31-20/h1-2,4-5,14H,3,6-13H2/t14-/m0/s1. The molecule has 7 nitrogen and oxygen atoms in total. The molecule has 3 heterocycles. The average Bonchev–Trinajstić information content (AvgIpc) is 3.25. The maximum absolute atomic E-state index is 13.1. The second-order valence-electron chi connectivity index (χ2n) is 8.25. The Hall–Kier alpha value is -2.62. The molecule has 0 saturated carbocycles. The Kier molecular flexibility index (Phi) is 5.67. The number of piperidine rings is 1. The van der Waals surface area contributed by atoms with Crippen LogP contribution in [0.4, 0.5) is 18.9 Å². The molecule has 0 N–H and O–H groups in total. The highest BCUT2D eigenvalue weighted by molar-refractivity contribution is 6.32. The number of esters is 2. The highest BCUT2D eigenvalue weighted by atomic mass is 19.4. The Balaban J connectivity index is 1.44. The van der Waals surface area contributed by atoms with E-state index in [0.29, 0.717) is 51.1 Å². The number of hydrogen-bond donors (Lipinski definition) is 0. The molecule has 3 aliphatic heterocycles. The Labute approximate surface area is 177 Å². The van der Waals surface area contributed by atoms with Crippen LogP contribution in [0, 0.1) is 5.92 Å². The van der Waals surface area contributed by atoms with E-state index in [2.05, 4.69) is 0 Å². The normalized spacial score (nSPS) is 24.0. The SMILES string of the molecule is O=C1OC2(CCCN(c3ccccc3CCN3CC[C@@H](CC(F)(F)F)C3)C2=O)OC1=O. The van der Waals surface area contributed by atoms with Gasteiger partial charge in [-0.1, -0.05) is 18.2 Å². The molecule has 0 bridgehead atoms. The third-order valence-electron chi connectivity index (χ3n) is 6.01. The van der Waals surface area contributed by atoms with Gasteiger partial charge in [0.15, 0.2) is 0 Å². The van der Waals surface area contributed by atoms with Crippen molar-refractivity contribution in [1.29, 1.82) is 0 Å². The van der Waals surface area contributed by atoms with Gasteiger partial charge in [0.1, 0.15) is 0 Å². The molecule has 1 aromatic carbocycles. The van der Waals surface area contributed by atoms with Crippen molar-refractivity contribution < 1.29 is 37.0 Å². The molecule has 10 heteroatoms. The summed E-state index contributed by atoms with van der Waals surface area (Å²) in [7, 11) is 0. The summed E-state index contributed by atoms with van der Waals surface area (Å²) < 4.78 is 47.9. The number of anilines is 1. The van der Waals surface area contributed by atoms with E-state index in [1.807, 2.05) is 17.0 Å². The van der Waals surface area contributed by atoms with E-state index >= 15 is 0 Å². The largest absolute Gasteiger partial charge is 0.421 e. The predicted octanol–water partition coefficient (Wildman–Crippen LogP) is 2.43. The van der Waals surface area contributed by atoms with Crippen LogP contribution in [0.15, 0.2) is 24.3 Å². The molecule has 1 atom stereocenters. The van der Waals surface area contributed by atoms with Crippen LogP contribution in [0.25, 0.3) is 0 Å². The molecule has 31 heavy (non-hydrogen) atoms. The molecule has 0 unspecified atom stereocenters. The summed E-state index contributed by atoms with van der Waals surface area (Å²) in [6.07, 6.45) is -3.26. The highest BCUT2D eigenvalue weighted by Gasteiger charge is 2.58. The summed E-state index contributed by atoms with van der Waals surface area (Å²) in [5.41, 5.74) is 1.47. The fourth-order valence-electron chi connectivity index (χ4n) is 4.58. The lowest BCUT2D eigenvalue weighted by Crippen LogP contribution is -2.55. The number of para-hydroxylation sites is 1. The van der Waals surface area contributed by atoms with Crippen molar-refractivity contribution >= 4 is 23.5 Å². The molecular formula is C21H23F3N2O5. The number of hydrogen-bond acceptors (Lipinski definition) is 6. The zero-order valence-corrected chi connectivity index (χ0v) is 16.8. The molecule has 3 saturated heterocycles. The molecule has 0 aliphatic carbocycles. The lowest BCUT2D eigenvalue weighted by Gasteiger charge is -2.36. The van der Waals surface area contributed by atoms with Crippen molar-refractivity contribution in [2.24, 2.45) is 5.92 Å². The number of likely N-dealkylation sites (tertiary alicyclic amines) is 1. The third kappa shape index (κ3) is 4.53. The number of amides is 1. The Bertz CT molecular complexity index is 872. The van der Waals surface area contributed by atoms with Gasteiger partial charge in [0.05, 0.1) is 0 Å². The number of halogens is 3. The monoisotopic (exact) mass is 440 g/mol. The van der Waals surface area contributed by atoms with Gasteiger partial charge in [0.25, 0.3) is 0 Å². The van der Waals surface area contributed by atoms with Crippen molar-refractivity contribution in [2.75, 3.05) is 31.1 Å². The zero-order valence-electron chi connectivity index (χ0n) is 16.8. The van der Waals surface area contributed by atoms with Gasteiger partial charge in [-0.05, 0) is 43.4 Å². The topological polar surface area (TPSA) is 76.2 Å².